The Balaban J connectivity index is 2.07. The topological polar surface area (TPSA) is 60.9 Å². The Hall–Kier alpha value is -1.69. The Bertz CT molecular complexity index is 493. The Kier molecular flexibility index (Phi) is 4.31. The van der Waals surface area contributed by atoms with Gasteiger partial charge in [0.25, 0.3) is 0 Å². The zero-order chi connectivity index (χ0) is 13.8. The summed E-state index contributed by atoms with van der Waals surface area (Å²) in [5, 5.41) is 8.58. The first-order valence-corrected chi connectivity index (χ1v) is 7.15. The number of para-hydroxylation sites is 2. The van der Waals surface area contributed by atoms with Gasteiger partial charge in [-0.05, 0) is 12.1 Å². The third kappa shape index (κ3) is 3.20. The first-order valence-electron chi connectivity index (χ1n) is 5.99. The Morgan fingerprint density at radius 1 is 1.21 bits per heavy atom. The van der Waals surface area contributed by atoms with Crippen LogP contribution in [0.1, 0.15) is 0 Å². The fourth-order valence-corrected chi connectivity index (χ4v) is 2.68. The molecule has 1 heterocycles. The minimum Gasteiger partial charge on any atom is -0.481 e. The van der Waals surface area contributed by atoms with Crippen molar-refractivity contribution in [3.05, 3.63) is 24.3 Å². The Morgan fingerprint density at radius 2 is 1.89 bits per heavy atom. The van der Waals surface area contributed by atoms with E-state index in [1.165, 1.54) is 0 Å². The molecule has 1 aromatic rings. The van der Waals surface area contributed by atoms with Crippen LogP contribution >= 0.6 is 11.8 Å². The van der Waals surface area contributed by atoms with E-state index in [0.29, 0.717) is 6.54 Å². The molecule has 2 rings (SSSR count). The number of aliphatic carboxylic acids is 1. The second-order valence-corrected chi connectivity index (χ2v) is 5.33. The summed E-state index contributed by atoms with van der Waals surface area (Å²) < 4.78 is 0. The predicted octanol–water partition coefficient (Wildman–Crippen LogP) is 1.29. The first kappa shape index (κ1) is 13.7. The summed E-state index contributed by atoms with van der Waals surface area (Å²) in [5.74, 6) is -0.769. The highest BCUT2D eigenvalue weighted by molar-refractivity contribution is 8.00. The lowest BCUT2D eigenvalue weighted by atomic mass is 10.2. The lowest BCUT2D eigenvalue weighted by Crippen LogP contribution is -2.43. The van der Waals surface area contributed by atoms with Gasteiger partial charge < -0.3 is 14.9 Å². The van der Waals surface area contributed by atoms with E-state index in [1.807, 2.05) is 31.3 Å². The van der Waals surface area contributed by atoms with Gasteiger partial charge in [-0.15, -0.1) is 11.8 Å². The highest BCUT2D eigenvalue weighted by atomic mass is 32.2. The van der Waals surface area contributed by atoms with Crippen molar-refractivity contribution in [1.82, 2.24) is 0 Å². The molecular weight excluding hydrogens is 264 g/mol. The second-order valence-electron chi connectivity index (χ2n) is 4.34. The Morgan fingerprint density at radius 3 is 2.58 bits per heavy atom. The normalized spacial score (nSPS) is 14.2. The number of hydrogen-bond donors (Lipinski definition) is 1. The van der Waals surface area contributed by atoms with Gasteiger partial charge in [0.1, 0.15) is 0 Å². The third-order valence-electron chi connectivity index (χ3n) is 2.99. The maximum absolute atomic E-state index is 12.1. The average Bonchev–Trinajstić information content (AvgIpc) is 2.39. The van der Waals surface area contributed by atoms with Crippen LogP contribution in [0.25, 0.3) is 0 Å². The van der Waals surface area contributed by atoms with E-state index in [1.54, 1.807) is 4.90 Å². The molecule has 6 heteroatoms. The van der Waals surface area contributed by atoms with Gasteiger partial charge in [-0.25, -0.2) is 0 Å². The van der Waals surface area contributed by atoms with Gasteiger partial charge >= 0.3 is 5.97 Å². The maximum Gasteiger partial charge on any atom is 0.313 e. The molecule has 0 spiro atoms. The van der Waals surface area contributed by atoms with E-state index in [9.17, 15) is 9.59 Å². The van der Waals surface area contributed by atoms with Crippen molar-refractivity contribution in [3.63, 3.8) is 0 Å². The molecule has 1 aliphatic rings. The lowest BCUT2D eigenvalue weighted by Gasteiger charge is -2.35. The molecule has 1 N–H and O–H groups in total. The number of carboxylic acid groups (broad SMARTS) is 1. The molecule has 1 amide bonds. The van der Waals surface area contributed by atoms with Crippen LogP contribution in [-0.2, 0) is 9.59 Å². The lowest BCUT2D eigenvalue weighted by molar-refractivity contribution is -0.133. The molecule has 0 saturated carbocycles. The van der Waals surface area contributed by atoms with Crippen molar-refractivity contribution >= 4 is 35.0 Å². The van der Waals surface area contributed by atoms with Crippen LogP contribution in [0.4, 0.5) is 11.4 Å². The fourth-order valence-electron chi connectivity index (χ4n) is 2.07. The van der Waals surface area contributed by atoms with E-state index in [2.05, 4.69) is 4.90 Å². The molecule has 0 aromatic heterocycles. The van der Waals surface area contributed by atoms with Gasteiger partial charge in [0.2, 0.25) is 5.91 Å². The van der Waals surface area contributed by atoms with E-state index < -0.39 is 5.97 Å². The van der Waals surface area contributed by atoms with Crippen LogP contribution in [0.2, 0.25) is 0 Å². The van der Waals surface area contributed by atoms with Crippen LogP contribution in [0.3, 0.4) is 0 Å². The second kappa shape index (κ2) is 5.97. The van der Waals surface area contributed by atoms with Gasteiger partial charge in [0, 0.05) is 20.1 Å². The smallest absolute Gasteiger partial charge is 0.313 e. The quantitative estimate of drug-likeness (QED) is 0.900. The molecule has 0 atom stereocenters. The van der Waals surface area contributed by atoms with Crippen LogP contribution in [0, 0.1) is 0 Å². The van der Waals surface area contributed by atoms with Crippen LogP contribution in [-0.4, -0.2) is 48.6 Å². The molecule has 102 valence electrons. The van der Waals surface area contributed by atoms with E-state index in [4.69, 9.17) is 5.11 Å². The number of carbonyl (C=O) groups excluding carboxylic acids is 1. The van der Waals surface area contributed by atoms with Gasteiger partial charge in [-0.2, -0.15) is 0 Å². The number of fused-ring (bicyclic) bond motifs is 1. The largest absolute Gasteiger partial charge is 0.481 e. The van der Waals surface area contributed by atoms with Crippen molar-refractivity contribution in [2.75, 3.05) is 41.4 Å². The van der Waals surface area contributed by atoms with E-state index in [0.717, 1.165) is 29.7 Å². The first-order chi connectivity index (χ1) is 9.09. The zero-order valence-electron chi connectivity index (χ0n) is 10.7. The summed E-state index contributed by atoms with van der Waals surface area (Å²) in [6.45, 7) is 1.42. The number of nitrogens with zero attached hydrogens (tertiary/aromatic N) is 2. The van der Waals surface area contributed by atoms with E-state index >= 15 is 0 Å². The molecule has 19 heavy (non-hydrogen) atoms. The number of amides is 1. The number of anilines is 2. The van der Waals surface area contributed by atoms with Gasteiger partial charge in [0.15, 0.2) is 0 Å². The van der Waals surface area contributed by atoms with Crippen LogP contribution in [0.15, 0.2) is 24.3 Å². The SMILES string of the molecule is CN1CCN(C(=O)CSCC(=O)O)c2ccccc21. The van der Waals surface area contributed by atoms with Crippen LogP contribution < -0.4 is 9.80 Å². The molecule has 0 aliphatic carbocycles. The highest BCUT2D eigenvalue weighted by Gasteiger charge is 2.24. The average molecular weight is 280 g/mol. The number of rotatable bonds is 4. The Labute approximate surface area is 116 Å². The molecule has 0 saturated heterocycles. The van der Waals surface area contributed by atoms with Crippen molar-refractivity contribution in [2.45, 2.75) is 0 Å². The molecule has 0 bridgehead atoms. The number of carbonyl (C=O) groups is 2. The summed E-state index contributed by atoms with van der Waals surface area (Å²) in [4.78, 5) is 26.4. The zero-order valence-corrected chi connectivity index (χ0v) is 11.5. The number of thioether (sulfide) groups is 1. The molecule has 0 radical (unpaired) electrons. The fraction of sp³-hybridized carbons (Fsp3) is 0.385. The summed E-state index contributed by atoms with van der Waals surface area (Å²) in [6.07, 6.45) is 0. The summed E-state index contributed by atoms with van der Waals surface area (Å²) in [5.41, 5.74) is 1.93. The van der Waals surface area contributed by atoms with E-state index in [-0.39, 0.29) is 17.4 Å². The van der Waals surface area contributed by atoms with Gasteiger partial charge in [0.05, 0.1) is 22.9 Å². The summed E-state index contributed by atoms with van der Waals surface area (Å²) >= 11 is 1.13. The third-order valence-corrected chi connectivity index (χ3v) is 3.90. The number of benzene rings is 1. The molecule has 1 aliphatic heterocycles. The number of carboxylic acids is 1. The van der Waals surface area contributed by atoms with Crippen molar-refractivity contribution in [1.29, 1.82) is 0 Å². The standard InChI is InChI=1S/C13H16N2O3S/c1-14-6-7-15(11-5-3-2-4-10(11)14)12(16)8-19-9-13(17)18/h2-5H,6-9H2,1H3,(H,17,18). The number of likely N-dealkylation sites (N-methyl/N-ethyl adjacent to an activating group) is 1. The molecule has 0 fully saturated rings. The molecule has 0 unspecified atom stereocenters. The highest BCUT2D eigenvalue weighted by Crippen LogP contribution is 2.31. The molecule has 1 aromatic carbocycles. The molecule has 5 nitrogen and oxygen atoms in total. The molecular formula is C13H16N2O3S. The number of hydrogen-bond acceptors (Lipinski definition) is 4. The summed E-state index contributed by atoms with van der Waals surface area (Å²) in [6, 6.07) is 7.76. The van der Waals surface area contributed by atoms with Crippen molar-refractivity contribution < 1.29 is 14.7 Å². The van der Waals surface area contributed by atoms with Gasteiger partial charge in [-0.3, -0.25) is 9.59 Å². The predicted molar refractivity (Wildman–Crippen MR) is 77.0 cm³/mol. The maximum atomic E-state index is 12.1. The van der Waals surface area contributed by atoms with Crippen LogP contribution in [0.5, 0.6) is 0 Å². The minimum absolute atomic E-state index is 0.0354. The minimum atomic E-state index is -0.892. The monoisotopic (exact) mass is 280 g/mol. The van der Waals surface area contributed by atoms with Gasteiger partial charge in [-0.1, -0.05) is 12.1 Å². The summed E-state index contributed by atoms with van der Waals surface area (Å²) in [7, 11) is 2.00. The van der Waals surface area contributed by atoms with Crippen molar-refractivity contribution in [2.24, 2.45) is 0 Å². The van der Waals surface area contributed by atoms with Crippen molar-refractivity contribution in [3.8, 4) is 0 Å².